The minimum atomic E-state index is -3.63. The number of rotatable bonds is 4. The Bertz CT molecular complexity index is 959. The maximum absolute atomic E-state index is 14.1. The largest absolute Gasteiger partial charge is 0.331 e. The fourth-order valence-corrected chi connectivity index (χ4v) is 2.72. The molecule has 0 aliphatic heterocycles. The average Bonchev–Trinajstić information content (AvgIpc) is 2.86. The predicted octanol–water partition coefficient (Wildman–Crippen LogP) is 3.92. The van der Waals surface area contributed by atoms with Crippen molar-refractivity contribution in [2.75, 3.05) is 0 Å². The number of hydrogen-bond acceptors (Lipinski definition) is 3. The minimum absolute atomic E-state index is 0.0830. The second kappa shape index (κ2) is 5.98. The molecule has 4 nitrogen and oxygen atoms in total. The Hall–Kier alpha value is -2.70. The lowest BCUT2D eigenvalue weighted by Gasteiger charge is -2.13. The number of ketones is 1. The molecule has 0 aliphatic carbocycles. The molecule has 3 aromatic rings. The van der Waals surface area contributed by atoms with Crippen LogP contribution in [0.2, 0.25) is 0 Å². The highest BCUT2D eigenvalue weighted by molar-refractivity contribution is 5.86. The van der Waals surface area contributed by atoms with Gasteiger partial charge < -0.3 is 0 Å². The number of carbonyl (C=O) groups excluding carboxylic acids is 1. The van der Waals surface area contributed by atoms with Gasteiger partial charge in [-0.2, -0.15) is 13.9 Å². The van der Waals surface area contributed by atoms with Crippen molar-refractivity contribution < 1.29 is 18.0 Å². The van der Waals surface area contributed by atoms with Gasteiger partial charge in [0, 0.05) is 24.2 Å². The minimum Gasteiger partial charge on any atom is -0.293 e. The van der Waals surface area contributed by atoms with E-state index in [1.165, 1.54) is 16.8 Å². The Morgan fingerprint density at radius 1 is 1.28 bits per heavy atom. The lowest BCUT2D eigenvalue weighted by molar-refractivity contribution is -0.141. The molecule has 2 heterocycles. The molecule has 2 aromatic heterocycles. The van der Waals surface area contributed by atoms with Crippen molar-refractivity contribution in [3.8, 4) is 0 Å². The second-order valence-corrected chi connectivity index (χ2v) is 6.00. The number of benzene rings is 1. The molecule has 0 N–H and O–H groups in total. The fourth-order valence-electron chi connectivity index (χ4n) is 2.72. The number of hydrogen-bond donors (Lipinski definition) is 0. The Morgan fingerprint density at radius 2 is 2.00 bits per heavy atom. The summed E-state index contributed by atoms with van der Waals surface area (Å²) in [7, 11) is 0. The van der Waals surface area contributed by atoms with E-state index in [0.717, 1.165) is 18.7 Å². The number of pyridine rings is 1. The highest BCUT2D eigenvalue weighted by atomic mass is 19.3. The van der Waals surface area contributed by atoms with Crippen LogP contribution in [0.15, 0.2) is 30.5 Å². The molecule has 0 fully saturated rings. The Balaban J connectivity index is 2.14. The molecule has 0 unspecified atom stereocenters. The van der Waals surface area contributed by atoms with Gasteiger partial charge in [0.1, 0.15) is 11.3 Å². The van der Waals surface area contributed by atoms with Crippen LogP contribution in [0.5, 0.6) is 0 Å². The van der Waals surface area contributed by atoms with E-state index in [1.54, 1.807) is 26.0 Å². The number of carbonyl (C=O) groups is 1. The fraction of sp³-hybridized carbons (Fsp3) is 0.278. The maximum atomic E-state index is 14.1. The van der Waals surface area contributed by atoms with Gasteiger partial charge in [0.25, 0.3) is 0 Å². The Morgan fingerprint density at radius 3 is 2.64 bits per heavy atom. The summed E-state index contributed by atoms with van der Waals surface area (Å²) in [5.41, 5.74) is 1.98. The predicted molar refractivity (Wildman–Crippen MR) is 87.1 cm³/mol. The molecule has 7 heteroatoms. The van der Waals surface area contributed by atoms with Crippen LogP contribution >= 0.6 is 0 Å². The molecule has 0 aliphatic rings. The smallest absolute Gasteiger partial charge is 0.293 e. The van der Waals surface area contributed by atoms with Gasteiger partial charge in [-0.15, -0.1) is 0 Å². The van der Waals surface area contributed by atoms with Gasteiger partial charge in [0.05, 0.1) is 17.8 Å². The third kappa shape index (κ3) is 2.90. The number of fused-ring (bicyclic) bond motifs is 1. The summed E-state index contributed by atoms with van der Waals surface area (Å²) < 4.78 is 43.6. The van der Waals surface area contributed by atoms with Crippen molar-refractivity contribution in [1.82, 2.24) is 14.8 Å². The molecular weight excluding hydrogens is 331 g/mol. The number of aryl methyl sites for hydroxylation is 2. The molecule has 25 heavy (non-hydrogen) atoms. The van der Waals surface area contributed by atoms with Crippen molar-refractivity contribution in [3.63, 3.8) is 0 Å². The van der Waals surface area contributed by atoms with E-state index in [2.05, 4.69) is 10.1 Å². The molecule has 3 rings (SSSR count). The highest BCUT2D eigenvalue weighted by Crippen LogP contribution is 2.31. The van der Waals surface area contributed by atoms with E-state index >= 15 is 0 Å². The number of nitrogens with zero attached hydrogens (tertiary/aromatic N) is 3. The zero-order valence-corrected chi connectivity index (χ0v) is 14.0. The lowest BCUT2D eigenvalue weighted by Crippen LogP contribution is -2.23. The monoisotopic (exact) mass is 347 g/mol. The van der Waals surface area contributed by atoms with Crippen molar-refractivity contribution in [1.29, 1.82) is 0 Å². The van der Waals surface area contributed by atoms with Crippen LogP contribution in [0.4, 0.5) is 13.2 Å². The third-order valence-corrected chi connectivity index (χ3v) is 4.22. The molecule has 0 radical (unpaired) electrons. The zero-order chi connectivity index (χ0) is 18.4. The first-order valence-corrected chi connectivity index (χ1v) is 7.68. The normalized spacial score (nSPS) is 11.9. The van der Waals surface area contributed by atoms with E-state index in [-0.39, 0.29) is 12.4 Å². The van der Waals surface area contributed by atoms with E-state index in [0.29, 0.717) is 22.3 Å². The molecule has 0 amide bonds. The van der Waals surface area contributed by atoms with E-state index in [9.17, 15) is 18.0 Å². The van der Waals surface area contributed by atoms with Gasteiger partial charge in [-0.05, 0) is 31.5 Å². The van der Waals surface area contributed by atoms with E-state index < -0.39 is 17.3 Å². The van der Waals surface area contributed by atoms with Crippen LogP contribution in [0.25, 0.3) is 11.0 Å². The van der Waals surface area contributed by atoms with E-state index in [1.807, 2.05) is 0 Å². The van der Waals surface area contributed by atoms with Gasteiger partial charge in [-0.1, -0.05) is 12.1 Å². The Kier molecular flexibility index (Phi) is 4.10. The van der Waals surface area contributed by atoms with Crippen LogP contribution in [0.1, 0.15) is 29.3 Å². The van der Waals surface area contributed by atoms with Crippen molar-refractivity contribution >= 4 is 16.8 Å². The van der Waals surface area contributed by atoms with Gasteiger partial charge in [-0.3, -0.25) is 14.5 Å². The van der Waals surface area contributed by atoms with Gasteiger partial charge in [0.2, 0.25) is 5.78 Å². The first kappa shape index (κ1) is 17.1. The van der Waals surface area contributed by atoms with Crippen LogP contribution in [-0.4, -0.2) is 20.5 Å². The molecule has 1 aromatic carbocycles. The molecule has 0 atom stereocenters. The summed E-state index contributed by atoms with van der Waals surface area (Å²) in [6.45, 7) is 4.38. The molecule has 0 bridgehead atoms. The Labute approximate surface area is 142 Å². The van der Waals surface area contributed by atoms with Gasteiger partial charge >= 0.3 is 5.92 Å². The quantitative estimate of drug-likeness (QED) is 0.719. The topological polar surface area (TPSA) is 47.8 Å². The summed E-state index contributed by atoms with van der Waals surface area (Å²) >= 11 is 0. The molecule has 130 valence electrons. The third-order valence-electron chi connectivity index (χ3n) is 4.22. The molecule has 0 saturated heterocycles. The van der Waals surface area contributed by atoms with Gasteiger partial charge in [0.15, 0.2) is 0 Å². The lowest BCUT2D eigenvalue weighted by atomic mass is 10.1. The van der Waals surface area contributed by atoms with Gasteiger partial charge in [-0.25, -0.2) is 4.39 Å². The van der Waals surface area contributed by atoms with Crippen LogP contribution < -0.4 is 0 Å². The summed E-state index contributed by atoms with van der Waals surface area (Å²) in [6, 6.07) is 5.91. The van der Waals surface area contributed by atoms with E-state index in [4.69, 9.17) is 0 Å². The summed E-state index contributed by atoms with van der Waals surface area (Å²) in [4.78, 5) is 15.2. The molecular formula is C18H16F3N3O. The SMILES string of the molecule is CC(=O)C(F)(F)c1cnc2c(C)nn(Cc3c(C)cccc3F)c2c1. The zero-order valence-electron chi connectivity index (χ0n) is 14.0. The highest BCUT2D eigenvalue weighted by Gasteiger charge is 2.38. The van der Waals surface area contributed by atoms with Crippen LogP contribution in [-0.2, 0) is 17.3 Å². The van der Waals surface area contributed by atoms with Crippen molar-refractivity contribution in [2.24, 2.45) is 0 Å². The summed E-state index contributed by atoms with van der Waals surface area (Å²) in [6.07, 6.45) is 0.983. The van der Waals surface area contributed by atoms with Crippen LogP contribution in [0, 0.1) is 19.7 Å². The van der Waals surface area contributed by atoms with Crippen molar-refractivity contribution in [2.45, 2.75) is 33.2 Å². The maximum Gasteiger partial charge on any atom is 0.331 e. The second-order valence-electron chi connectivity index (χ2n) is 6.00. The molecule has 0 saturated carbocycles. The summed E-state index contributed by atoms with van der Waals surface area (Å²) in [5, 5.41) is 4.29. The first-order valence-electron chi connectivity index (χ1n) is 7.68. The van der Waals surface area contributed by atoms with Crippen LogP contribution in [0.3, 0.4) is 0 Å². The number of Topliss-reactive ketones (excluding diaryl/α,β-unsaturated/α-hetero) is 1. The standard InChI is InChI=1S/C18H16F3N3O/c1-10-5-4-6-15(19)14(10)9-24-16-7-13(18(20,21)12(3)25)8-22-17(16)11(2)23-24/h4-8H,9H2,1-3H3. The number of alkyl halides is 2. The number of halogens is 3. The van der Waals surface area contributed by atoms with Crippen molar-refractivity contribution in [3.05, 3.63) is 58.7 Å². The number of aromatic nitrogens is 3. The first-order chi connectivity index (χ1) is 11.7. The molecule has 0 spiro atoms. The summed E-state index contributed by atoms with van der Waals surface area (Å²) in [5.74, 6) is -5.28. The average molecular weight is 347 g/mol.